The smallest absolute Gasteiger partial charge is 0.0405 e. The summed E-state index contributed by atoms with van der Waals surface area (Å²) in [4.78, 5) is 6.67. The Morgan fingerprint density at radius 2 is 1.94 bits per heavy atom. The number of hydrogen-bond donors (Lipinski definition) is 0. The van der Waals surface area contributed by atoms with E-state index in [4.69, 9.17) is 0 Å². The van der Waals surface area contributed by atoms with E-state index in [-0.39, 0.29) is 0 Å². The van der Waals surface area contributed by atoms with Crippen LogP contribution in [0.2, 0.25) is 0 Å². The Balaban J connectivity index is 1.54. The van der Waals surface area contributed by atoms with E-state index in [1.54, 1.807) is 5.56 Å². The Labute approximate surface area is 107 Å². The molecule has 4 rings (SSSR count). The van der Waals surface area contributed by atoms with E-state index >= 15 is 0 Å². The summed E-state index contributed by atoms with van der Waals surface area (Å²) < 4.78 is 0. The highest BCUT2D eigenvalue weighted by atomic mass is 15.2. The van der Waals surface area contributed by atoms with Crippen LogP contribution in [0.5, 0.6) is 0 Å². The lowest BCUT2D eigenvalue weighted by Crippen LogP contribution is -2.26. The van der Waals surface area contributed by atoms with Crippen LogP contribution in [0.4, 0.5) is 5.69 Å². The Morgan fingerprint density at radius 1 is 1.11 bits per heavy atom. The first kappa shape index (κ1) is 10.1. The molecule has 0 spiro atoms. The van der Waals surface area contributed by atoms with Gasteiger partial charge in [-0.3, -0.25) is 4.98 Å². The molecule has 1 aromatic heterocycles. The van der Waals surface area contributed by atoms with Gasteiger partial charge in [0.1, 0.15) is 0 Å². The maximum atomic E-state index is 4.07. The van der Waals surface area contributed by atoms with Crippen LogP contribution < -0.4 is 4.90 Å². The van der Waals surface area contributed by atoms with E-state index in [2.05, 4.69) is 46.3 Å². The van der Waals surface area contributed by atoms with Gasteiger partial charge < -0.3 is 4.90 Å². The summed E-state index contributed by atoms with van der Waals surface area (Å²) in [6.45, 7) is 1.13. The summed E-state index contributed by atoms with van der Waals surface area (Å²) in [5.74, 6) is 0.818. The molecular weight excluding hydrogens is 220 g/mol. The maximum Gasteiger partial charge on any atom is 0.0405 e. The summed E-state index contributed by atoms with van der Waals surface area (Å²) in [6, 6.07) is 13.9. The standard InChI is InChI=1S/C16H16N2/c1-2-4-15-13(3-1)14-11-16(14)18(15)10-7-12-5-8-17-9-6-12/h1-6,8-9,14,16H,7,10-11H2. The second-order valence-electron chi connectivity index (χ2n) is 5.27. The van der Waals surface area contributed by atoms with Crippen LogP contribution in [-0.2, 0) is 6.42 Å². The summed E-state index contributed by atoms with van der Waals surface area (Å²) in [5.41, 5.74) is 4.41. The molecule has 0 amide bonds. The first-order valence-electron chi connectivity index (χ1n) is 6.68. The van der Waals surface area contributed by atoms with Gasteiger partial charge in [-0.1, -0.05) is 18.2 Å². The first-order chi connectivity index (χ1) is 8.93. The molecule has 1 saturated carbocycles. The number of rotatable bonds is 3. The number of benzene rings is 1. The molecule has 0 radical (unpaired) electrons. The minimum Gasteiger partial charge on any atom is -0.367 e. The molecule has 18 heavy (non-hydrogen) atoms. The number of aromatic nitrogens is 1. The zero-order chi connectivity index (χ0) is 11.9. The highest BCUT2D eigenvalue weighted by Gasteiger charge is 2.49. The number of para-hydroxylation sites is 1. The van der Waals surface area contributed by atoms with Gasteiger partial charge in [-0.05, 0) is 42.2 Å². The van der Waals surface area contributed by atoms with Crippen molar-refractivity contribution >= 4 is 5.69 Å². The second kappa shape index (κ2) is 3.84. The van der Waals surface area contributed by atoms with Gasteiger partial charge in [-0.2, -0.15) is 0 Å². The molecule has 0 saturated heterocycles. The quantitative estimate of drug-likeness (QED) is 0.814. The fourth-order valence-corrected chi connectivity index (χ4v) is 3.19. The summed E-state index contributed by atoms with van der Waals surface area (Å²) in [5, 5.41) is 0. The molecule has 1 aliphatic heterocycles. The monoisotopic (exact) mass is 236 g/mol. The van der Waals surface area contributed by atoms with Crippen molar-refractivity contribution in [1.82, 2.24) is 4.98 Å². The van der Waals surface area contributed by atoms with Crippen molar-refractivity contribution in [2.45, 2.75) is 24.8 Å². The van der Waals surface area contributed by atoms with E-state index < -0.39 is 0 Å². The molecule has 2 heteroatoms. The number of pyridine rings is 1. The number of hydrogen-bond acceptors (Lipinski definition) is 2. The SMILES string of the molecule is c1ccc2c(c1)C1CC1N2CCc1ccncc1. The average molecular weight is 236 g/mol. The second-order valence-corrected chi connectivity index (χ2v) is 5.27. The molecule has 2 aromatic rings. The number of fused-ring (bicyclic) bond motifs is 3. The molecule has 2 heterocycles. The molecule has 1 fully saturated rings. The fraction of sp³-hybridized carbons (Fsp3) is 0.312. The normalized spacial score (nSPS) is 23.7. The van der Waals surface area contributed by atoms with Crippen LogP contribution in [0.1, 0.15) is 23.5 Å². The lowest BCUT2D eigenvalue weighted by Gasteiger charge is -2.22. The van der Waals surface area contributed by atoms with Crippen LogP contribution in [0, 0.1) is 0 Å². The predicted octanol–water partition coefficient (Wildman–Crippen LogP) is 3.00. The van der Waals surface area contributed by atoms with E-state index in [0.717, 1.165) is 24.9 Å². The third-order valence-electron chi connectivity index (χ3n) is 4.19. The van der Waals surface area contributed by atoms with Crippen molar-refractivity contribution in [3.8, 4) is 0 Å². The van der Waals surface area contributed by atoms with Gasteiger partial charge in [0, 0.05) is 36.6 Å². The van der Waals surface area contributed by atoms with Crippen molar-refractivity contribution in [2.75, 3.05) is 11.4 Å². The Hall–Kier alpha value is -1.83. The lowest BCUT2D eigenvalue weighted by atomic mass is 10.1. The van der Waals surface area contributed by atoms with Crippen molar-refractivity contribution < 1.29 is 0 Å². The fourth-order valence-electron chi connectivity index (χ4n) is 3.19. The number of nitrogens with zero attached hydrogens (tertiary/aromatic N) is 2. The van der Waals surface area contributed by atoms with E-state index in [1.165, 1.54) is 17.7 Å². The van der Waals surface area contributed by atoms with Gasteiger partial charge in [-0.25, -0.2) is 0 Å². The molecular formula is C16H16N2. The van der Waals surface area contributed by atoms with Gasteiger partial charge in [0.25, 0.3) is 0 Å². The third-order valence-corrected chi connectivity index (χ3v) is 4.19. The molecule has 1 aromatic carbocycles. The summed E-state index contributed by atoms with van der Waals surface area (Å²) in [7, 11) is 0. The van der Waals surface area contributed by atoms with E-state index in [0.29, 0.717) is 0 Å². The van der Waals surface area contributed by atoms with Crippen LogP contribution >= 0.6 is 0 Å². The van der Waals surface area contributed by atoms with E-state index in [1.807, 2.05) is 12.4 Å². The van der Waals surface area contributed by atoms with Crippen molar-refractivity contribution in [3.05, 3.63) is 59.9 Å². The lowest BCUT2D eigenvalue weighted by molar-refractivity contribution is 0.790. The summed E-state index contributed by atoms with van der Waals surface area (Å²) in [6.07, 6.45) is 6.23. The van der Waals surface area contributed by atoms with Gasteiger partial charge in [0.15, 0.2) is 0 Å². The largest absolute Gasteiger partial charge is 0.367 e. The van der Waals surface area contributed by atoms with E-state index in [9.17, 15) is 0 Å². The van der Waals surface area contributed by atoms with Crippen molar-refractivity contribution in [1.29, 1.82) is 0 Å². The Kier molecular flexibility index (Phi) is 2.16. The first-order valence-corrected chi connectivity index (χ1v) is 6.68. The topological polar surface area (TPSA) is 16.1 Å². The average Bonchev–Trinajstić information content (AvgIpc) is 3.16. The molecule has 0 bridgehead atoms. The predicted molar refractivity (Wildman–Crippen MR) is 72.9 cm³/mol. The molecule has 2 atom stereocenters. The third kappa shape index (κ3) is 1.52. The van der Waals surface area contributed by atoms with Gasteiger partial charge in [-0.15, -0.1) is 0 Å². The molecule has 2 aliphatic rings. The molecule has 2 nitrogen and oxygen atoms in total. The van der Waals surface area contributed by atoms with Crippen LogP contribution in [-0.4, -0.2) is 17.6 Å². The molecule has 90 valence electrons. The minimum absolute atomic E-state index is 0.782. The molecule has 0 N–H and O–H groups in total. The van der Waals surface area contributed by atoms with Gasteiger partial charge in [0.2, 0.25) is 0 Å². The van der Waals surface area contributed by atoms with Crippen LogP contribution in [0.25, 0.3) is 0 Å². The molecule has 1 aliphatic carbocycles. The highest BCUT2D eigenvalue weighted by Crippen LogP contribution is 2.55. The van der Waals surface area contributed by atoms with Crippen LogP contribution in [0.3, 0.4) is 0 Å². The van der Waals surface area contributed by atoms with Crippen molar-refractivity contribution in [3.63, 3.8) is 0 Å². The van der Waals surface area contributed by atoms with Crippen LogP contribution in [0.15, 0.2) is 48.8 Å². The van der Waals surface area contributed by atoms with Crippen molar-refractivity contribution in [2.24, 2.45) is 0 Å². The zero-order valence-electron chi connectivity index (χ0n) is 10.3. The van der Waals surface area contributed by atoms with Gasteiger partial charge in [0.05, 0.1) is 0 Å². The zero-order valence-corrected chi connectivity index (χ0v) is 10.3. The Morgan fingerprint density at radius 3 is 2.83 bits per heavy atom. The Bertz CT molecular complexity index is 564. The maximum absolute atomic E-state index is 4.07. The van der Waals surface area contributed by atoms with Gasteiger partial charge >= 0.3 is 0 Å². The number of anilines is 1. The minimum atomic E-state index is 0.782. The summed E-state index contributed by atoms with van der Waals surface area (Å²) >= 11 is 0. The molecule has 2 unspecified atom stereocenters. The highest BCUT2D eigenvalue weighted by molar-refractivity contribution is 5.66.